The minimum Gasteiger partial charge on any atom is -0.475 e. The smallest absolute Gasteiger partial charge is 0.250 e. The molecule has 2 bridgehead atoms. The quantitative estimate of drug-likeness (QED) is 0.882. The van der Waals surface area contributed by atoms with Crippen LogP contribution in [0.15, 0.2) is 24.3 Å². The first kappa shape index (κ1) is 16.3. The third-order valence-electron chi connectivity index (χ3n) is 5.03. The first-order chi connectivity index (χ1) is 11.7. The molecule has 2 aliphatic rings. The zero-order valence-electron chi connectivity index (χ0n) is 13.3. The number of fused-ring (bicyclic) bond motifs is 2. The van der Waals surface area contributed by atoms with Crippen molar-refractivity contribution in [3.8, 4) is 5.88 Å². The zero-order chi connectivity index (χ0) is 16.5. The van der Waals surface area contributed by atoms with Gasteiger partial charge in [0.05, 0.1) is 30.5 Å². The number of benzene rings is 1. The molecule has 2 fully saturated rings. The van der Waals surface area contributed by atoms with Gasteiger partial charge in [-0.15, -0.1) is 4.37 Å². The Morgan fingerprint density at radius 3 is 2.88 bits per heavy atom. The molecule has 7 heteroatoms. The van der Waals surface area contributed by atoms with Gasteiger partial charge in [0.25, 0.3) is 5.88 Å². The Hall–Kier alpha value is -1.21. The summed E-state index contributed by atoms with van der Waals surface area (Å²) in [4.78, 5) is 2.32. The number of halogens is 1. The maximum atomic E-state index is 10.1. The van der Waals surface area contributed by atoms with Crippen molar-refractivity contribution in [1.82, 2.24) is 13.6 Å². The molecule has 0 spiro atoms. The van der Waals surface area contributed by atoms with Gasteiger partial charge in [0.1, 0.15) is 5.69 Å². The van der Waals surface area contributed by atoms with Crippen molar-refractivity contribution in [2.75, 3.05) is 19.7 Å². The number of hydrogen-bond donors (Lipinski definition) is 1. The first-order valence-corrected chi connectivity index (χ1v) is 9.43. The molecule has 3 heterocycles. The lowest BCUT2D eigenvalue weighted by molar-refractivity contribution is 0.144. The van der Waals surface area contributed by atoms with Crippen molar-refractivity contribution >= 4 is 23.3 Å². The zero-order valence-corrected chi connectivity index (χ0v) is 14.8. The molecule has 4 atom stereocenters. The molecule has 128 valence electrons. The molecule has 4 unspecified atom stereocenters. The molecule has 2 saturated heterocycles. The standard InChI is InChI=1S/C17H20ClN3O2S/c18-13-4-1-11(2-5-13)7-8-23-17-16(19-24-20-17)14-6-3-12-9-21(14)10-15(12)22/h1-2,4-5,12,14-15,22H,3,6-10H2. The van der Waals surface area contributed by atoms with E-state index in [1.165, 1.54) is 17.3 Å². The molecule has 4 rings (SSSR count). The molecular formula is C17H20ClN3O2S. The highest BCUT2D eigenvalue weighted by atomic mass is 35.5. The Balaban J connectivity index is 1.39. The molecule has 0 aliphatic carbocycles. The molecule has 1 aromatic carbocycles. The van der Waals surface area contributed by atoms with Crippen molar-refractivity contribution in [2.24, 2.45) is 5.92 Å². The highest BCUT2D eigenvalue weighted by molar-refractivity contribution is 6.99. The first-order valence-electron chi connectivity index (χ1n) is 8.32. The number of aromatic nitrogens is 2. The van der Waals surface area contributed by atoms with Gasteiger partial charge < -0.3 is 9.84 Å². The third kappa shape index (κ3) is 3.28. The Morgan fingerprint density at radius 1 is 1.21 bits per heavy atom. The summed E-state index contributed by atoms with van der Waals surface area (Å²) < 4.78 is 14.7. The molecule has 1 N–H and O–H groups in total. The maximum absolute atomic E-state index is 10.1. The third-order valence-corrected chi connectivity index (χ3v) is 5.80. The minimum atomic E-state index is -0.198. The van der Waals surface area contributed by atoms with Crippen LogP contribution in [0.3, 0.4) is 0 Å². The topological polar surface area (TPSA) is 58.5 Å². The molecule has 0 amide bonds. The Bertz CT molecular complexity index is 691. The van der Waals surface area contributed by atoms with Crippen LogP contribution in [0.25, 0.3) is 0 Å². The molecule has 2 aliphatic heterocycles. The van der Waals surface area contributed by atoms with Gasteiger partial charge >= 0.3 is 0 Å². The van der Waals surface area contributed by atoms with E-state index >= 15 is 0 Å². The van der Waals surface area contributed by atoms with Gasteiger partial charge in [-0.05, 0) is 36.5 Å². The minimum absolute atomic E-state index is 0.198. The van der Waals surface area contributed by atoms with Crippen LogP contribution in [0.5, 0.6) is 5.88 Å². The van der Waals surface area contributed by atoms with Crippen LogP contribution in [0.1, 0.15) is 30.1 Å². The van der Waals surface area contributed by atoms with Crippen LogP contribution in [0.2, 0.25) is 5.02 Å². The highest BCUT2D eigenvalue weighted by Crippen LogP contribution is 2.41. The summed E-state index contributed by atoms with van der Waals surface area (Å²) in [5.41, 5.74) is 2.12. The van der Waals surface area contributed by atoms with E-state index in [9.17, 15) is 5.11 Å². The Labute approximate surface area is 150 Å². The van der Waals surface area contributed by atoms with Gasteiger partial charge in [0.2, 0.25) is 0 Å². The summed E-state index contributed by atoms with van der Waals surface area (Å²) in [6, 6.07) is 8.04. The molecule has 0 saturated carbocycles. The van der Waals surface area contributed by atoms with Crippen LogP contribution >= 0.6 is 23.3 Å². The number of piperidine rings is 1. The van der Waals surface area contributed by atoms with E-state index in [1.54, 1.807) is 0 Å². The predicted octanol–water partition coefficient (Wildman–Crippen LogP) is 2.94. The summed E-state index contributed by atoms with van der Waals surface area (Å²) >= 11 is 7.11. The van der Waals surface area contributed by atoms with Gasteiger partial charge in [-0.3, -0.25) is 4.90 Å². The molecule has 0 radical (unpaired) electrons. The van der Waals surface area contributed by atoms with Crippen molar-refractivity contribution in [3.05, 3.63) is 40.5 Å². The molecular weight excluding hydrogens is 346 g/mol. The van der Waals surface area contributed by atoms with Crippen LogP contribution in [-0.4, -0.2) is 44.6 Å². The van der Waals surface area contributed by atoms with E-state index in [4.69, 9.17) is 16.3 Å². The number of rotatable bonds is 5. The monoisotopic (exact) mass is 365 g/mol. The van der Waals surface area contributed by atoms with Gasteiger partial charge in [-0.2, -0.15) is 4.37 Å². The second-order valence-corrected chi connectivity index (χ2v) is 7.52. The van der Waals surface area contributed by atoms with E-state index in [2.05, 4.69) is 13.6 Å². The van der Waals surface area contributed by atoms with E-state index in [1.807, 2.05) is 24.3 Å². The predicted molar refractivity (Wildman–Crippen MR) is 93.6 cm³/mol. The van der Waals surface area contributed by atoms with Crippen LogP contribution in [-0.2, 0) is 6.42 Å². The summed E-state index contributed by atoms with van der Waals surface area (Å²) in [7, 11) is 0. The van der Waals surface area contributed by atoms with Crippen LogP contribution in [0, 0.1) is 5.92 Å². The lowest BCUT2D eigenvalue weighted by Crippen LogP contribution is -2.31. The van der Waals surface area contributed by atoms with Crippen LogP contribution < -0.4 is 4.74 Å². The fourth-order valence-corrected chi connectivity index (χ4v) is 4.37. The van der Waals surface area contributed by atoms with Gasteiger partial charge in [-0.25, -0.2) is 0 Å². The van der Waals surface area contributed by atoms with Crippen molar-refractivity contribution < 1.29 is 9.84 Å². The van der Waals surface area contributed by atoms with Gasteiger partial charge in [0.15, 0.2) is 0 Å². The Kier molecular flexibility index (Phi) is 4.72. The van der Waals surface area contributed by atoms with Gasteiger partial charge in [0, 0.05) is 24.5 Å². The SMILES string of the molecule is OC1CN2CC1CCC2c1nsnc1OCCc1ccc(Cl)cc1. The second kappa shape index (κ2) is 6.96. The summed E-state index contributed by atoms with van der Waals surface area (Å²) in [6.07, 6.45) is 2.67. The number of ether oxygens (including phenoxy) is 1. The highest BCUT2D eigenvalue weighted by Gasteiger charge is 2.42. The fraction of sp³-hybridized carbons (Fsp3) is 0.529. The lowest BCUT2D eigenvalue weighted by atomic mass is 9.93. The Morgan fingerprint density at radius 2 is 2.04 bits per heavy atom. The second-order valence-electron chi connectivity index (χ2n) is 6.55. The molecule has 24 heavy (non-hydrogen) atoms. The summed E-state index contributed by atoms with van der Waals surface area (Å²) in [5.74, 6) is 1.07. The number of hydrogen-bond acceptors (Lipinski definition) is 6. The number of nitrogens with zero attached hydrogens (tertiary/aromatic N) is 3. The van der Waals surface area contributed by atoms with E-state index in [0.717, 1.165) is 43.1 Å². The van der Waals surface area contributed by atoms with E-state index in [0.29, 0.717) is 18.4 Å². The normalized spacial score (nSPS) is 28.9. The largest absolute Gasteiger partial charge is 0.475 e. The van der Waals surface area contributed by atoms with E-state index < -0.39 is 0 Å². The summed E-state index contributed by atoms with van der Waals surface area (Å²) in [5, 5.41) is 10.8. The number of aliphatic hydroxyl groups is 1. The average Bonchev–Trinajstić information content (AvgIpc) is 3.15. The van der Waals surface area contributed by atoms with Crippen molar-refractivity contribution in [2.45, 2.75) is 31.4 Å². The van der Waals surface area contributed by atoms with E-state index in [-0.39, 0.29) is 12.1 Å². The fourth-order valence-electron chi connectivity index (χ4n) is 3.70. The summed E-state index contributed by atoms with van der Waals surface area (Å²) in [6.45, 7) is 2.25. The average molecular weight is 366 g/mol. The van der Waals surface area contributed by atoms with Crippen molar-refractivity contribution in [3.63, 3.8) is 0 Å². The number of aliphatic hydroxyl groups excluding tert-OH is 1. The lowest BCUT2D eigenvalue weighted by Gasteiger charge is -2.30. The van der Waals surface area contributed by atoms with Crippen LogP contribution in [0.4, 0.5) is 0 Å². The molecule has 2 aromatic rings. The molecule has 1 aromatic heterocycles. The van der Waals surface area contributed by atoms with Gasteiger partial charge in [-0.1, -0.05) is 23.7 Å². The molecule has 5 nitrogen and oxygen atoms in total. The van der Waals surface area contributed by atoms with Crippen molar-refractivity contribution in [1.29, 1.82) is 0 Å². The maximum Gasteiger partial charge on any atom is 0.250 e.